The summed E-state index contributed by atoms with van der Waals surface area (Å²) in [6, 6.07) is 17.4. The molecule has 4 rings (SSSR count). The molecule has 1 aromatic heterocycles. The van der Waals surface area contributed by atoms with Crippen molar-refractivity contribution in [3.05, 3.63) is 60.8 Å². The molecule has 0 unspecified atom stereocenters. The minimum atomic E-state index is -0.174. The Morgan fingerprint density at radius 3 is 2.93 bits per heavy atom. The second kappa shape index (κ2) is 8.96. The molecule has 0 atom stereocenters. The van der Waals surface area contributed by atoms with E-state index in [1.807, 2.05) is 54.6 Å². The number of benzene rings is 2. The van der Waals surface area contributed by atoms with Crippen molar-refractivity contribution in [2.45, 2.75) is 11.3 Å². The first kappa shape index (κ1) is 19.3. The van der Waals surface area contributed by atoms with Crippen LogP contribution in [0.3, 0.4) is 0 Å². The van der Waals surface area contributed by atoms with Crippen molar-refractivity contribution in [1.82, 2.24) is 10.3 Å². The molecule has 1 N–H and O–H groups in total. The lowest BCUT2D eigenvalue weighted by Gasteiger charge is -2.28. The molecule has 7 heteroatoms. The zero-order valence-corrected chi connectivity index (χ0v) is 16.7. The van der Waals surface area contributed by atoms with Crippen LogP contribution < -0.4 is 15.0 Å². The summed E-state index contributed by atoms with van der Waals surface area (Å²) in [6.07, 6.45) is 2.41. The third-order valence-corrected chi connectivity index (χ3v) is 5.65. The Kier molecular flexibility index (Phi) is 5.95. The van der Waals surface area contributed by atoms with E-state index in [4.69, 9.17) is 4.74 Å². The van der Waals surface area contributed by atoms with E-state index in [0.29, 0.717) is 25.3 Å². The first-order valence-corrected chi connectivity index (χ1v) is 10.5. The number of hydrogen-bond acceptors (Lipinski definition) is 5. The molecular weight excluding hydrogens is 386 g/mol. The fourth-order valence-corrected chi connectivity index (χ4v) is 4.14. The molecule has 0 bridgehead atoms. The number of carbonyl (C=O) groups excluding carboxylic acids is 2. The molecule has 1 aliphatic rings. The van der Waals surface area contributed by atoms with E-state index < -0.39 is 0 Å². The summed E-state index contributed by atoms with van der Waals surface area (Å²) in [5, 5.41) is 3.90. The standard InChI is InChI=1S/C22H21N3O3S/c26-20(14-25-17-8-1-2-10-19(17)29-15-21(25)27)23-12-5-13-28-18-9-3-6-16-7-4-11-24-22(16)18/h1-4,6-11H,5,12-15H2,(H,23,26). The number of fused-ring (bicyclic) bond motifs is 2. The average molecular weight is 407 g/mol. The lowest BCUT2D eigenvalue weighted by molar-refractivity contribution is -0.123. The smallest absolute Gasteiger partial charge is 0.240 e. The number of anilines is 1. The number of pyridine rings is 1. The molecule has 0 aliphatic carbocycles. The predicted molar refractivity (Wildman–Crippen MR) is 114 cm³/mol. The Balaban J connectivity index is 1.25. The van der Waals surface area contributed by atoms with Gasteiger partial charge in [-0.05, 0) is 30.7 Å². The van der Waals surface area contributed by atoms with Gasteiger partial charge in [-0.15, -0.1) is 11.8 Å². The highest BCUT2D eigenvalue weighted by Gasteiger charge is 2.25. The van der Waals surface area contributed by atoms with Crippen molar-refractivity contribution in [3.8, 4) is 5.75 Å². The number of para-hydroxylation sites is 2. The maximum absolute atomic E-state index is 12.3. The third-order valence-electron chi connectivity index (χ3n) is 4.61. The number of amides is 2. The average Bonchev–Trinajstić information content (AvgIpc) is 2.75. The largest absolute Gasteiger partial charge is 0.491 e. The number of nitrogens with one attached hydrogen (secondary N) is 1. The van der Waals surface area contributed by atoms with Crippen molar-refractivity contribution >= 4 is 40.2 Å². The van der Waals surface area contributed by atoms with E-state index in [-0.39, 0.29) is 18.4 Å². The number of aromatic nitrogens is 1. The van der Waals surface area contributed by atoms with Gasteiger partial charge in [0.05, 0.1) is 18.0 Å². The van der Waals surface area contributed by atoms with Crippen LogP contribution in [0.1, 0.15) is 6.42 Å². The van der Waals surface area contributed by atoms with Gasteiger partial charge in [0, 0.05) is 23.0 Å². The van der Waals surface area contributed by atoms with Crippen LogP contribution in [0.5, 0.6) is 5.75 Å². The van der Waals surface area contributed by atoms with Gasteiger partial charge < -0.3 is 15.0 Å². The van der Waals surface area contributed by atoms with Gasteiger partial charge in [0.25, 0.3) is 0 Å². The van der Waals surface area contributed by atoms with Gasteiger partial charge >= 0.3 is 0 Å². The van der Waals surface area contributed by atoms with E-state index in [9.17, 15) is 9.59 Å². The first-order valence-electron chi connectivity index (χ1n) is 9.48. The van der Waals surface area contributed by atoms with Crippen molar-refractivity contribution in [2.24, 2.45) is 0 Å². The fourth-order valence-electron chi connectivity index (χ4n) is 3.20. The van der Waals surface area contributed by atoms with E-state index in [2.05, 4.69) is 10.3 Å². The molecule has 29 heavy (non-hydrogen) atoms. The Morgan fingerprint density at radius 1 is 1.14 bits per heavy atom. The summed E-state index contributed by atoms with van der Waals surface area (Å²) in [6.45, 7) is 0.984. The highest BCUT2D eigenvalue weighted by molar-refractivity contribution is 8.00. The summed E-state index contributed by atoms with van der Waals surface area (Å²) in [7, 11) is 0. The molecule has 0 radical (unpaired) electrons. The molecule has 0 saturated carbocycles. The highest BCUT2D eigenvalue weighted by Crippen LogP contribution is 2.34. The van der Waals surface area contributed by atoms with Crippen LogP contribution >= 0.6 is 11.8 Å². The van der Waals surface area contributed by atoms with Gasteiger partial charge in [-0.1, -0.05) is 30.3 Å². The van der Waals surface area contributed by atoms with E-state index >= 15 is 0 Å². The topological polar surface area (TPSA) is 71.5 Å². The number of nitrogens with zero attached hydrogens (tertiary/aromatic N) is 2. The van der Waals surface area contributed by atoms with Crippen molar-refractivity contribution in [3.63, 3.8) is 0 Å². The molecule has 2 aromatic carbocycles. The Hall–Kier alpha value is -3.06. The number of hydrogen-bond donors (Lipinski definition) is 1. The number of carbonyl (C=O) groups is 2. The Bertz CT molecular complexity index is 1040. The summed E-state index contributed by atoms with van der Waals surface area (Å²) in [5.41, 5.74) is 1.63. The fraction of sp³-hybridized carbons (Fsp3) is 0.227. The van der Waals surface area contributed by atoms with Gasteiger partial charge in [-0.2, -0.15) is 0 Å². The van der Waals surface area contributed by atoms with Crippen LogP contribution in [0.25, 0.3) is 10.9 Å². The van der Waals surface area contributed by atoms with Crippen LogP contribution in [0.4, 0.5) is 5.69 Å². The molecule has 3 aromatic rings. The lowest BCUT2D eigenvalue weighted by Crippen LogP contribution is -2.43. The lowest BCUT2D eigenvalue weighted by atomic mass is 10.2. The van der Waals surface area contributed by atoms with Gasteiger partial charge in [0.1, 0.15) is 17.8 Å². The normalized spacial score (nSPS) is 13.2. The molecule has 0 fully saturated rings. The minimum Gasteiger partial charge on any atom is -0.491 e. The van der Waals surface area contributed by atoms with Crippen molar-refractivity contribution < 1.29 is 14.3 Å². The van der Waals surface area contributed by atoms with E-state index in [0.717, 1.165) is 27.2 Å². The summed E-state index contributed by atoms with van der Waals surface area (Å²) < 4.78 is 5.83. The number of ether oxygens (including phenoxy) is 1. The van der Waals surface area contributed by atoms with Gasteiger partial charge in [0.15, 0.2) is 0 Å². The summed E-state index contributed by atoms with van der Waals surface area (Å²) in [5.74, 6) is 0.877. The number of rotatable bonds is 7. The van der Waals surface area contributed by atoms with E-state index in [1.54, 1.807) is 11.1 Å². The second-order valence-corrected chi connectivity index (χ2v) is 7.64. The van der Waals surface area contributed by atoms with Crippen LogP contribution in [-0.2, 0) is 9.59 Å². The molecule has 148 valence electrons. The monoisotopic (exact) mass is 407 g/mol. The SMILES string of the molecule is O=C(CN1C(=O)CSc2ccccc21)NCCCOc1cccc2cccnc12. The predicted octanol–water partition coefficient (Wildman–Crippen LogP) is 3.26. The summed E-state index contributed by atoms with van der Waals surface area (Å²) >= 11 is 1.51. The number of thioether (sulfide) groups is 1. The minimum absolute atomic E-state index is 0.0322. The first-order chi connectivity index (χ1) is 14.2. The second-order valence-electron chi connectivity index (χ2n) is 6.62. The molecule has 0 saturated heterocycles. The van der Waals surface area contributed by atoms with E-state index in [1.165, 1.54) is 11.8 Å². The van der Waals surface area contributed by atoms with Crippen LogP contribution in [0, 0.1) is 0 Å². The van der Waals surface area contributed by atoms with Crippen molar-refractivity contribution in [1.29, 1.82) is 0 Å². The van der Waals surface area contributed by atoms with Gasteiger partial charge in [-0.25, -0.2) is 0 Å². The molecule has 1 aliphatic heterocycles. The van der Waals surface area contributed by atoms with Crippen LogP contribution in [0.15, 0.2) is 65.7 Å². The molecular formula is C22H21N3O3S. The van der Waals surface area contributed by atoms with Crippen molar-refractivity contribution in [2.75, 3.05) is 30.3 Å². The quantitative estimate of drug-likeness (QED) is 0.609. The summed E-state index contributed by atoms with van der Waals surface area (Å²) in [4.78, 5) is 31.5. The molecule has 2 heterocycles. The maximum atomic E-state index is 12.3. The van der Waals surface area contributed by atoms with Crippen LogP contribution in [0.2, 0.25) is 0 Å². The van der Waals surface area contributed by atoms with Crippen LogP contribution in [-0.4, -0.2) is 42.2 Å². The zero-order valence-electron chi connectivity index (χ0n) is 15.8. The van der Waals surface area contributed by atoms with Gasteiger partial charge in [0.2, 0.25) is 11.8 Å². The molecule has 0 spiro atoms. The molecule has 2 amide bonds. The molecule has 6 nitrogen and oxygen atoms in total. The Morgan fingerprint density at radius 2 is 2.00 bits per heavy atom. The highest BCUT2D eigenvalue weighted by atomic mass is 32.2. The zero-order chi connectivity index (χ0) is 20.1. The third kappa shape index (κ3) is 4.51. The Labute approximate surface area is 173 Å². The maximum Gasteiger partial charge on any atom is 0.240 e. The van der Waals surface area contributed by atoms with Gasteiger partial charge in [-0.3, -0.25) is 14.6 Å².